The molecular formula is C14H16F3NO2. The first-order valence-corrected chi connectivity index (χ1v) is 6.42. The van der Waals surface area contributed by atoms with Gasteiger partial charge in [0.2, 0.25) is 0 Å². The molecule has 0 radical (unpaired) electrons. The van der Waals surface area contributed by atoms with Gasteiger partial charge in [-0.05, 0) is 37.5 Å². The van der Waals surface area contributed by atoms with Gasteiger partial charge in [-0.25, -0.2) is 0 Å². The molecule has 0 aliphatic carbocycles. The van der Waals surface area contributed by atoms with Gasteiger partial charge in [0.25, 0.3) is 5.91 Å². The quantitative estimate of drug-likeness (QED) is 0.908. The van der Waals surface area contributed by atoms with E-state index in [2.05, 4.69) is 0 Å². The van der Waals surface area contributed by atoms with Gasteiger partial charge >= 0.3 is 6.18 Å². The van der Waals surface area contributed by atoms with Gasteiger partial charge in [-0.1, -0.05) is 12.1 Å². The molecule has 1 fully saturated rings. The van der Waals surface area contributed by atoms with Crippen LogP contribution in [-0.2, 0) is 5.60 Å². The van der Waals surface area contributed by atoms with Crippen LogP contribution in [0.25, 0.3) is 0 Å². The van der Waals surface area contributed by atoms with E-state index >= 15 is 0 Å². The van der Waals surface area contributed by atoms with E-state index in [1.165, 1.54) is 12.1 Å². The monoisotopic (exact) mass is 287 g/mol. The van der Waals surface area contributed by atoms with Gasteiger partial charge in [0.1, 0.15) is 0 Å². The van der Waals surface area contributed by atoms with Crippen molar-refractivity contribution < 1.29 is 23.1 Å². The van der Waals surface area contributed by atoms with Crippen LogP contribution in [0.2, 0.25) is 0 Å². The minimum atomic E-state index is -4.76. The molecule has 1 heterocycles. The molecule has 20 heavy (non-hydrogen) atoms. The predicted octanol–water partition coefficient (Wildman–Crippen LogP) is 2.69. The van der Waals surface area contributed by atoms with Gasteiger partial charge in [-0.2, -0.15) is 13.2 Å². The van der Waals surface area contributed by atoms with Crippen LogP contribution in [0.1, 0.15) is 35.7 Å². The highest BCUT2D eigenvalue weighted by atomic mass is 19.4. The van der Waals surface area contributed by atoms with Gasteiger partial charge in [0.15, 0.2) is 5.60 Å². The number of rotatable bonds is 2. The van der Waals surface area contributed by atoms with Gasteiger partial charge in [0.05, 0.1) is 0 Å². The summed E-state index contributed by atoms with van der Waals surface area (Å²) >= 11 is 0. The van der Waals surface area contributed by atoms with Crippen molar-refractivity contribution in [2.24, 2.45) is 0 Å². The van der Waals surface area contributed by atoms with E-state index in [0.717, 1.165) is 25.0 Å². The third kappa shape index (κ3) is 2.65. The standard InChI is InChI=1S/C14H16F3NO2/c1-13(20,14(15,16)17)11-6-4-10(5-7-11)12(19)18-8-2-3-9-18/h4-7,20H,2-3,8-9H2,1H3. The van der Waals surface area contributed by atoms with Crippen molar-refractivity contribution >= 4 is 5.91 Å². The summed E-state index contributed by atoms with van der Waals surface area (Å²) in [6.45, 7) is 2.06. The van der Waals surface area contributed by atoms with Crippen molar-refractivity contribution in [2.45, 2.75) is 31.5 Å². The number of aliphatic hydroxyl groups is 1. The van der Waals surface area contributed by atoms with E-state index in [-0.39, 0.29) is 11.5 Å². The average Bonchev–Trinajstić information content (AvgIpc) is 2.90. The van der Waals surface area contributed by atoms with Crippen molar-refractivity contribution in [3.63, 3.8) is 0 Å². The zero-order valence-electron chi connectivity index (χ0n) is 11.1. The summed E-state index contributed by atoms with van der Waals surface area (Å²) in [5, 5.41) is 9.54. The molecule has 110 valence electrons. The molecular weight excluding hydrogens is 271 g/mol. The van der Waals surface area contributed by atoms with Crippen LogP contribution in [0, 0.1) is 0 Å². The van der Waals surface area contributed by atoms with Crippen molar-refractivity contribution in [2.75, 3.05) is 13.1 Å². The Morgan fingerprint density at radius 3 is 2.10 bits per heavy atom. The number of amides is 1. The Labute approximate surface area is 115 Å². The third-order valence-electron chi connectivity index (χ3n) is 3.64. The highest BCUT2D eigenvalue weighted by molar-refractivity contribution is 5.94. The molecule has 1 aliphatic heterocycles. The Balaban J connectivity index is 2.20. The number of likely N-dealkylation sites (tertiary alicyclic amines) is 1. The van der Waals surface area contributed by atoms with Crippen LogP contribution in [0.5, 0.6) is 0 Å². The molecule has 1 aliphatic rings. The topological polar surface area (TPSA) is 40.5 Å². The molecule has 1 N–H and O–H groups in total. The fraction of sp³-hybridized carbons (Fsp3) is 0.500. The van der Waals surface area contributed by atoms with Gasteiger partial charge in [-0.15, -0.1) is 0 Å². The minimum absolute atomic E-state index is 0.180. The Morgan fingerprint density at radius 1 is 1.15 bits per heavy atom. The predicted molar refractivity (Wildman–Crippen MR) is 67.2 cm³/mol. The summed E-state index contributed by atoms with van der Waals surface area (Å²) in [7, 11) is 0. The number of hydrogen-bond acceptors (Lipinski definition) is 2. The molecule has 6 heteroatoms. The Hall–Kier alpha value is -1.56. The number of alkyl halides is 3. The summed E-state index contributed by atoms with van der Waals surface area (Å²) in [5.74, 6) is -0.180. The van der Waals surface area contributed by atoms with Crippen LogP contribution < -0.4 is 0 Å². The fourth-order valence-electron chi connectivity index (χ4n) is 2.20. The Kier molecular flexibility index (Phi) is 3.77. The first-order chi connectivity index (χ1) is 9.23. The van der Waals surface area contributed by atoms with Gasteiger partial charge < -0.3 is 10.0 Å². The summed E-state index contributed by atoms with van der Waals surface area (Å²) < 4.78 is 38.1. The van der Waals surface area contributed by atoms with Crippen LogP contribution in [0.3, 0.4) is 0 Å². The molecule has 0 spiro atoms. The summed E-state index contributed by atoms with van der Waals surface area (Å²) in [6.07, 6.45) is -2.85. The van der Waals surface area contributed by atoms with Crippen molar-refractivity contribution in [3.05, 3.63) is 35.4 Å². The third-order valence-corrected chi connectivity index (χ3v) is 3.64. The number of halogens is 3. The zero-order chi connectivity index (χ0) is 15.0. The zero-order valence-corrected chi connectivity index (χ0v) is 11.1. The summed E-state index contributed by atoms with van der Waals surface area (Å²) in [4.78, 5) is 13.7. The maximum absolute atomic E-state index is 12.7. The van der Waals surface area contributed by atoms with E-state index in [4.69, 9.17) is 0 Å². The Morgan fingerprint density at radius 2 is 1.65 bits per heavy atom. The summed E-state index contributed by atoms with van der Waals surface area (Å²) in [5.41, 5.74) is -2.85. The second-order valence-electron chi connectivity index (χ2n) is 5.15. The van der Waals surface area contributed by atoms with Crippen LogP contribution >= 0.6 is 0 Å². The summed E-state index contributed by atoms with van der Waals surface area (Å²) in [6, 6.07) is 4.96. The van der Waals surface area contributed by atoms with Crippen molar-refractivity contribution in [3.8, 4) is 0 Å². The molecule has 1 saturated heterocycles. The molecule has 1 unspecified atom stereocenters. The van der Waals surface area contributed by atoms with Gasteiger partial charge in [-0.3, -0.25) is 4.79 Å². The SMILES string of the molecule is CC(O)(c1ccc(C(=O)N2CCCC2)cc1)C(F)(F)F. The lowest BCUT2D eigenvalue weighted by atomic mass is 9.94. The van der Waals surface area contributed by atoms with Gasteiger partial charge in [0, 0.05) is 18.7 Å². The first kappa shape index (κ1) is 14.8. The second kappa shape index (κ2) is 5.09. The number of nitrogens with zero attached hydrogens (tertiary/aromatic N) is 1. The second-order valence-corrected chi connectivity index (χ2v) is 5.15. The molecule has 1 aromatic rings. The lowest BCUT2D eigenvalue weighted by molar-refractivity contribution is -0.258. The highest BCUT2D eigenvalue weighted by Gasteiger charge is 2.51. The normalized spacial score (nSPS) is 18.9. The van der Waals surface area contributed by atoms with Crippen LogP contribution in [-0.4, -0.2) is 35.2 Å². The molecule has 0 saturated carbocycles. The molecule has 1 aromatic carbocycles. The number of carbonyl (C=O) groups is 1. The lowest BCUT2D eigenvalue weighted by Crippen LogP contribution is -2.39. The molecule has 0 bridgehead atoms. The van der Waals surface area contributed by atoms with E-state index in [1.54, 1.807) is 4.90 Å². The van der Waals surface area contributed by atoms with E-state index in [0.29, 0.717) is 25.6 Å². The minimum Gasteiger partial charge on any atom is -0.376 e. The fourth-order valence-corrected chi connectivity index (χ4v) is 2.20. The van der Waals surface area contributed by atoms with Crippen molar-refractivity contribution in [1.82, 2.24) is 4.90 Å². The largest absolute Gasteiger partial charge is 0.421 e. The maximum Gasteiger partial charge on any atom is 0.421 e. The van der Waals surface area contributed by atoms with E-state index < -0.39 is 11.8 Å². The highest BCUT2D eigenvalue weighted by Crippen LogP contribution is 2.38. The van der Waals surface area contributed by atoms with E-state index in [1.807, 2.05) is 0 Å². The van der Waals surface area contributed by atoms with Crippen molar-refractivity contribution in [1.29, 1.82) is 0 Å². The maximum atomic E-state index is 12.7. The number of benzene rings is 1. The molecule has 1 atom stereocenters. The molecule has 3 nitrogen and oxygen atoms in total. The van der Waals surface area contributed by atoms with Crippen LogP contribution in [0.4, 0.5) is 13.2 Å². The lowest BCUT2D eigenvalue weighted by Gasteiger charge is -2.26. The Bertz CT molecular complexity index is 488. The molecule has 0 aromatic heterocycles. The van der Waals surface area contributed by atoms with E-state index in [9.17, 15) is 23.1 Å². The van der Waals surface area contributed by atoms with Crippen LogP contribution in [0.15, 0.2) is 24.3 Å². The molecule has 1 amide bonds. The molecule has 2 rings (SSSR count). The smallest absolute Gasteiger partial charge is 0.376 e. The number of carbonyl (C=O) groups excluding carboxylic acids is 1. The average molecular weight is 287 g/mol. The first-order valence-electron chi connectivity index (χ1n) is 6.42. The number of hydrogen-bond donors (Lipinski definition) is 1.